The number of benzene rings is 3. The molecule has 0 fully saturated rings. The van der Waals surface area contributed by atoms with Gasteiger partial charge in [-0.2, -0.15) is 0 Å². The van der Waals surface area contributed by atoms with Crippen LogP contribution in [0.5, 0.6) is 23.0 Å². The average molecular weight is 595 g/mol. The van der Waals surface area contributed by atoms with Crippen LogP contribution in [0.2, 0.25) is 0 Å². The van der Waals surface area contributed by atoms with Gasteiger partial charge in [-0.15, -0.1) is 11.6 Å². The van der Waals surface area contributed by atoms with Crippen molar-refractivity contribution in [2.45, 2.75) is 77.5 Å². The van der Waals surface area contributed by atoms with Crippen LogP contribution in [0.4, 0.5) is 0 Å². The summed E-state index contributed by atoms with van der Waals surface area (Å²) >= 11 is 6.09. The molecule has 3 aromatic rings. The molecule has 6 nitrogen and oxygen atoms in total. The monoisotopic (exact) mass is 594 g/mol. The Labute approximate surface area is 255 Å². The molecule has 0 aliphatic heterocycles. The Hall–Kier alpha value is -3.51. The van der Waals surface area contributed by atoms with Crippen molar-refractivity contribution >= 4 is 23.5 Å². The summed E-state index contributed by atoms with van der Waals surface area (Å²) in [6, 6.07) is 19.8. The summed E-state index contributed by atoms with van der Waals surface area (Å²) in [6.07, 6.45) is 10.2. The highest BCUT2D eigenvalue weighted by Gasteiger charge is 2.23. The van der Waals surface area contributed by atoms with Crippen molar-refractivity contribution in [3.05, 3.63) is 72.3 Å². The molecule has 42 heavy (non-hydrogen) atoms. The molecule has 0 amide bonds. The predicted octanol–water partition coefficient (Wildman–Crippen LogP) is 9.27. The van der Waals surface area contributed by atoms with Gasteiger partial charge in [0.05, 0.1) is 19.3 Å². The van der Waals surface area contributed by atoms with Crippen LogP contribution in [0.15, 0.2) is 66.7 Å². The molecule has 0 spiro atoms. The number of methoxy groups -OCH3 is 1. The Morgan fingerprint density at radius 1 is 0.714 bits per heavy atom. The minimum atomic E-state index is -0.793. The number of carbonyl (C=O) groups excluding carboxylic acids is 2. The summed E-state index contributed by atoms with van der Waals surface area (Å²) in [5, 5.41) is -0.793. The largest absolute Gasteiger partial charge is 0.494 e. The molecule has 0 aliphatic carbocycles. The Bertz CT molecular complexity index is 1250. The predicted molar refractivity (Wildman–Crippen MR) is 168 cm³/mol. The van der Waals surface area contributed by atoms with E-state index in [-0.39, 0.29) is 23.0 Å². The first-order chi connectivity index (χ1) is 20.3. The molecule has 1 atom stereocenters. The molecule has 0 unspecified atom stereocenters. The molecule has 0 radical (unpaired) electrons. The van der Waals surface area contributed by atoms with E-state index in [1.54, 1.807) is 12.1 Å². The van der Waals surface area contributed by atoms with E-state index in [2.05, 4.69) is 6.92 Å². The molecule has 0 N–H and O–H groups in total. The first-order valence-electron chi connectivity index (χ1n) is 14.9. The van der Waals surface area contributed by atoms with Crippen molar-refractivity contribution in [2.24, 2.45) is 5.92 Å². The standard InChI is InChI=1S/C35H43ClO6/c1-5-6-7-8-9-10-11-12-23-40-29-18-13-26(14-19-29)27-15-20-30(21-16-27)41-34(37)28-17-22-31(32(24-28)39-4)42-35(38)33(36)25(2)3/h13-22,24-25,33H,5-12,23H2,1-4H3/t33-/m0/s1. The molecule has 3 rings (SSSR count). The second-order valence-electron chi connectivity index (χ2n) is 10.7. The van der Waals surface area contributed by atoms with Crippen LogP contribution in [0.1, 0.15) is 82.5 Å². The third-order valence-corrected chi connectivity index (χ3v) is 7.62. The van der Waals surface area contributed by atoms with Gasteiger partial charge in [0.15, 0.2) is 11.5 Å². The zero-order valence-electron chi connectivity index (χ0n) is 25.2. The molecule has 226 valence electrons. The van der Waals surface area contributed by atoms with Gasteiger partial charge in [0, 0.05) is 0 Å². The fourth-order valence-electron chi connectivity index (χ4n) is 4.37. The third kappa shape index (κ3) is 10.4. The molecule has 3 aromatic carbocycles. The Kier molecular flexibility index (Phi) is 13.7. The van der Waals surface area contributed by atoms with Crippen molar-refractivity contribution in [3.63, 3.8) is 0 Å². The third-order valence-electron chi connectivity index (χ3n) is 6.94. The zero-order valence-corrected chi connectivity index (χ0v) is 26.0. The molecule has 0 aliphatic rings. The summed E-state index contributed by atoms with van der Waals surface area (Å²) in [5.74, 6) is 0.450. The smallest absolute Gasteiger partial charge is 0.343 e. The minimum absolute atomic E-state index is 0.0893. The highest BCUT2D eigenvalue weighted by molar-refractivity contribution is 6.30. The summed E-state index contributed by atoms with van der Waals surface area (Å²) in [6.45, 7) is 6.63. The maximum atomic E-state index is 12.8. The molecule has 0 saturated carbocycles. The summed E-state index contributed by atoms with van der Waals surface area (Å²) in [5.41, 5.74) is 2.29. The van der Waals surface area contributed by atoms with Gasteiger partial charge in [-0.05, 0) is 65.9 Å². The van der Waals surface area contributed by atoms with Gasteiger partial charge in [0.25, 0.3) is 0 Å². The van der Waals surface area contributed by atoms with E-state index in [1.807, 2.05) is 50.2 Å². The van der Waals surface area contributed by atoms with Crippen molar-refractivity contribution in [3.8, 4) is 34.1 Å². The van der Waals surface area contributed by atoms with Gasteiger partial charge >= 0.3 is 11.9 Å². The number of unbranched alkanes of at least 4 members (excludes halogenated alkanes) is 7. The van der Waals surface area contributed by atoms with Gasteiger partial charge in [-0.25, -0.2) is 4.79 Å². The van der Waals surface area contributed by atoms with Crippen LogP contribution >= 0.6 is 11.6 Å². The van der Waals surface area contributed by atoms with Crippen molar-refractivity contribution in [2.75, 3.05) is 13.7 Å². The minimum Gasteiger partial charge on any atom is -0.494 e. The average Bonchev–Trinajstić information content (AvgIpc) is 3.00. The molecule has 0 saturated heterocycles. The molecule has 0 bridgehead atoms. The number of ether oxygens (including phenoxy) is 4. The maximum absolute atomic E-state index is 12.8. The van der Waals surface area contributed by atoms with Crippen LogP contribution in [0, 0.1) is 5.92 Å². The number of esters is 2. The van der Waals surface area contributed by atoms with E-state index >= 15 is 0 Å². The Morgan fingerprint density at radius 2 is 1.29 bits per heavy atom. The lowest BCUT2D eigenvalue weighted by Crippen LogP contribution is -2.25. The van der Waals surface area contributed by atoms with E-state index in [0.717, 1.165) is 29.9 Å². The first kappa shape index (κ1) is 33.0. The van der Waals surface area contributed by atoms with Crippen LogP contribution in [0.3, 0.4) is 0 Å². The topological polar surface area (TPSA) is 71.1 Å². The summed E-state index contributed by atoms with van der Waals surface area (Å²) < 4.78 is 22.1. The van der Waals surface area contributed by atoms with E-state index in [1.165, 1.54) is 70.3 Å². The van der Waals surface area contributed by atoms with Gasteiger partial charge < -0.3 is 18.9 Å². The number of carbonyl (C=O) groups is 2. The first-order valence-corrected chi connectivity index (χ1v) is 15.3. The second-order valence-corrected chi connectivity index (χ2v) is 11.2. The number of alkyl halides is 1. The second kappa shape index (κ2) is 17.4. The number of hydrogen-bond acceptors (Lipinski definition) is 6. The number of rotatable bonds is 17. The SMILES string of the molecule is CCCCCCCCCCOc1ccc(-c2ccc(OC(=O)c3ccc(OC(=O)[C@@H](Cl)C(C)C)c(OC)c3)cc2)cc1. The van der Waals surface area contributed by atoms with E-state index in [9.17, 15) is 9.59 Å². The fraction of sp³-hybridized carbons (Fsp3) is 0.429. The highest BCUT2D eigenvalue weighted by Crippen LogP contribution is 2.30. The molecule has 7 heteroatoms. The zero-order chi connectivity index (χ0) is 30.3. The summed E-state index contributed by atoms with van der Waals surface area (Å²) in [4.78, 5) is 25.0. The van der Waals surface area contributed by atoms with E-state index in [4.69, 9.17) is 30.5 Å². The molecular weight excluding hydrogens is 552 g/mol. The Balaban J connectivity index is 1.49. The maximum Gasteiger partial charge on any atom is 0.343 e. The van der Waals surface area contributed by atoms with Gasteiger partial charge in [0.1, 0.15) is 16.9 Å². The fourth-order valence-corrected chi connectivity index (χ4v) is 4.41. The van der Waals surface area contributed by atoms with Crippen LogP contribution in [-0.4, -0.2) is 31.0 Å². The van der Waals surface area contributed by atoms with Crippen molar-refractivity contribution in [1.29, 1.82) is 0 Å². The lowest BCUT2D eigenvalue weighted by molar-refractivity contribution is -0.134. The number of hydrogen-bond donors (Lipinski definition) is 0. The van der Waals surface area contributed by atoms with Gasteiger partial charge in [-0.3, -0.25) is 4.79 Å². The lowest BCUT2D eigenvalue weighted by atomic mass is 10.1. The normalized spacial score (nSPS) is 11.7. The quantitative estimate of drug-likeness (QED) is 0.0671. The lowest BCUT2D eigenvalue weighted by Gasteiger charge is -2.15. The van der Waals surface area contributed by atoms with Gasteiger partial charge in [0.2, 0.25) is 0 Å². The van der Waals surface area contributed by atoms with Crippen LogP contribution in [-0.2, 0) is 4.79 Å². The van der Waals surface area contributed by atoms with Crippen LogP contribution in [0.25, 0.3) is 11.1 Å². The van der Waals surface area contributed by atoms with E-state index in [0.29, 0.717) is 5.75 Å². The number of halogens is 1. The molecular formula is C35H43ClO6. The van der Waals surface area contributed by atoms with E-state index < -0.39 is 17.3 Å². The van der Waals surface area contributed by atoms with Crippen molar-refractivity contribution < 1.29 is 28.5 Å². The Morgan fingerprint density at radius 3 is 1.86 bits per heavy atom. The van der Waals surface area contributed by atoms with Gasteiger partial charge in [-0.1, -0.05) is 90.0 Å². The van der Waals surface area contributed by atoms with Crippen molar-refractivity contribution in [1.82, 2.24) is 0 Å². The highest BCUT2D eigenvalue weighted by atomic mass is 35.5. The summed E-state index contributed by atoms with van der Waals surface area (Å²) in [7, 11) is 1.43. The molecule has 0 aromatic heterocycles. The van der Waals surface area contributed by atoms with Crippen LogP contribution < -0.4 is 18.9 Å². The molecule has 0 heterocycles.